The lowest BCUT2D eigenvalue weighted by Crippen LogP contribution is -3.12. The van der Waals surface area contributed by atoms with Crippen LogP contribution in [0.25, 0.3) is 0 Å². The van der Waals surface area contributed by atoms with Crippen molar-refractivity contribution >= 4 is 28.8 Å². The maximum atomic E-state index is 13.9. The number of quaternary nitrogens is 1. The molecule has 0 aliphatic carbocycles. The summed E-state index contributed by atoms with van der Waals surface area (Å²) in [4.78, 5) is 14.1. The first-order valence-corrected chi connectivity index (χ1v) is 9.00. The highest BCUT2D eigenvalue weighted by Crippen LogP contribution is 2.18. The molecule has 0 bridgehead atoms. The molecule has 1 aromatic carbocycles. The first-order chi connectivity index (χ1) is 11.1. The number of hydrogen-bond acceptors (Lipinski definition) is 2. The van der Waals surface area contributed by atoms with Crippen LogP contribution >= 0.6 is 22.9 Å². The fourth-order valence-corrected chi connectivity index (χ4v) is 3.82. The lowest BCUT2D eigenvalue weighted by atomic mass is 10.0. The molecule has 3 nitrogen and oxygen atoms in total. The van der Waals surface area contributed by atoms with Gasteiger partial charge in [-0.05, 0) is 23.6 Å². The summed E-state index contributed by atoms with van der Waals surface area (Å²) in [7, 11) is 0. The number of carbonyl (C=O) groups excluding carboxylic acids is 1. The zero-order chi connectivity index (χ0) is 16.2. The van der Waals surface area contributed by atoms with E-state index in [0.717, 1.165) is 30.8 Å². The van der Waals surface area contributed by atoms with Gasteiger partial charge >= 0.3 is 0 Å². The van der Waals surface area contributed by atoms with Crippen molar-refractivity contribution in [1.29, 1.82) is 0 Å². The van der Waals surface area contributed by atoms with Gasteiger partial charge in [-0.15, -0.1) is 11.3 Å². The molecule has 0 saturated carbocycles. The molecule has 1 fully saturated rings. The highest BCUT2D eigenvalue weighted by molar-refractivity contribution is 7.12. The van der Waals surface area contributed by atoms with E-state index in [2.05, 4.69) is 5.32 Å². The topological polar surface area (TPSA) is 33.5 Å². The van der Waals surface area contributed by atoms with Crippen LogP contribution in [0.4, 0.5) is 4.39 Å². The van der Waals surface area contributed by atoms with Crippen molar-refractivity contribution in [2.24, 2.45) is 0 Å². The summed E-state index contributed by atoms with van der Waals surface area (Å²) in [6.07, 6.45) is 1.80. The Bertz CT molecular complexity index is 649. The lowest BCUT2D eigenvalue weighted by Gasteiger charge is -2.30. The van der Waals surface area contributed by atoms with Crippen LogP contribution in [-0.4, -0.2) is 25.0 Å². The third-order valence-corrected chi connectivity index (χ3v) is 5.48. The molecular formula is C17H19ClFN2OS+. The SMILES string of the molecule is O=C(NC1CC[NH+](Cc2c(F)cccc2Cl)CC1)c1cccs1. The lowest BCUT2D eigenvalue weighted by molar-refractivity contribution is -0.919. The van der Waals surface area contributed by atoms with Crippen molar-refractivity contribution in [2.75, 3.05) is 13.1 Å². The summed E-state index contributed by atoms with van der Waals surface area (Å²) in [5, 5.41) is 5.48. The van der Waals surface area contributed by atoms with Gasteiger partial charge in [0, 0.05) is 18.9 Å². The molecule has 122 valence electrons. The fourth-order valence-electron chi connectivity index (χ4n) is 2.96. The van der Waals surface area contributed by atoms with Gasteiger partial charge in [-0.1, -0.05) is 23.7 Å². The van der Waals surface area contributed by atoms with E-state index in [9.17, 15) is 9.18 Å². The second-order valence-corrected chi connectivity index (χ2v) is 7.21. The standard InChI is InChI=1S/C17H18ClFN2OS/c18-14-3-1-4-15(19)13(14)11-21-8-6-12(7-9-21)20-17(22)16-5-2-10-23-16/h1-5,10,12H,6-9,11H2,(H,20,22)/p+1. The molecule has 23 heavy (non-hydrogen) atoms. The molecule has 0 unspecified atom stereocenters. The van der Waals surface area contributed by atoms with Crippen LogP contribution in [-0.2, 0) is 6.54 Å². The number of rotatable bonds is 4. The van der Waals surface area contributed by atoms with E-state index in [1.807, 2.05) is 17.5 Å². The number of likely N-dealkylation sites (tertiary alicyclic amines) is 1. The molecule has 1 aliphatic rings. The Morgan fingerprint density at radius 2 is 2.09 bits per heavy atom. The number of nitrogens with one attached hydrogen (secondary N) is 2. The fraction of sp³-hybridized carbons (Fsp3) is 0.353. The van der Waals surface area contributed by atoms with Gasteiger partial charge in [0.25, 0.3) is 5.91 Å². The summed E-state index contributed by atoms with van der Waals surface area (Å²) in [5.41, 5.74) is 0.588. The molecule has 0 atom stereocenters. The molecule has 2 heterocycles. The first kappa shape index (κ1) is 16.4. The van der Waals surface area contributed by atoms with Gasteiger partial charge in [0.1, 0.15) is 12.4 Å². The van der Waals surface area contributed by atoms with E-state index in [-0.39, 0.29) is 17.8 Å². The minimum atomic E-state index is -0.238. The van der Waals surface area contributed by atoms with Gasteiger partial charge in [0.2, 0.25) is 0 Å². The summed E-state index contributed by atoms with van der Waals surface area (Å²) < 4.78 is 13.9. The maximum absolute atomic E-state index is 13.9. The van der Waals surface area contributed by atoms with E-state index in [4.69, 9.17) is 11.6 Å². The van der Waals surface area contributed by atoms with Crippen molar-refractivity contribution < 1.29 is 14.1 Å². The number of piperidine rings is 1. The molecule has 6 heteroatoms. The Morgan fingerprint density at radius 1 is 1.30 bits per heavy atom. The molecule has 1 aliphatic heterocycles. The van der Waals surface area contributed by atoms with Crippen molar-refractivity contribution in [3.05, 3.63) is 57.0 Å². The largest absolute Gasteiger partial charge is 0.348 e. The van der Waals surface area contributed by atoms with Crippen molar-refractivity contribution in [1.82, 2.24) is 5.32 Å². The predicted octanol–water partition coefficient (Wildman–Crippen LogP) is 2.52. The molecule has 0 radical (unpaired) electrons. The van der Waals surface area contributed by atoms with Gasteiger partial charge in [-0.2, -0.15) is 0 Å². The number of thiophene rings is 1. The van der Waals surface area contributed by atoms with E-state index in [0.29, 0.717) is 17.1 Å². The van der Waals surface area contributed by atoms with E-state index >= 15 is 0 Å². The monoisotopic (exact) mass is 353 g/mol. The Morgan fingerprint density at radius 3 is 2.74 bits per heavy atom. The molecule has 1 aromatic heterocycles. The maximum Gasteiger partial charge on any atom is 0.261 e. The second kappa shape index (κ2) is 7.43. The molecule has 2 aromatic rings. The van der Waals surface area contributed by atoms with E-state index < -0.39 is 0 Å². The first-order valence-electron chi connectivity index (χ1n) is 7.74. The Balaban J connectivity index is 1.52. The smallest absolute Gasteiger partial charge is 0.261 e. The zero-order valence-corrected chi connectivity index (χ0v) is 14.2. The van der Waals surface area contributed by atoms with Gasteiger partial charge in [-0.3, -0.25) is 4.79 Å². The number of carbonyl (C=O) groups is 1. The highest BCUT2D eigenvalue weighted by Gasteiger charge is 2.25. The third-order valence-electron chi connectivity index (χ3n) is 4.26. The average molecular weight is 354 g/mol. The number of amides is 1. The van der Waals surface area contributed by atoms with Crippen LogP contribution in [0.5, 0.6) is 0 Å². The van der Waals surface area contributed by atoms with Gasteiger partial charge in [0.15, 0.2) is 0 Å². The summed E-state index contributed by atoms with van der Waals surface area (Å²) in [6, 6.07) is 8.72. The summed E-state index contributed by atoms with van der Waals surface area (Å²) >= 11 is 7.55. The summed E-state index contributed by atoms with van der Waals surface area (Å²) in [5.74, 6) is -0.233. The molecule has 1 amide bonds. The molecule has 2 N–H and O–H groups in total. The Kier molecular flexibility index (Phi) is 5.30. The van der Waals surface area contributed by atoms with Crippen molar-refractivity contribution in [2.45, 2.75) is 25.4 Å². The van der Waals surface area contributed by atoms with Crippen LogP contribution in [0.3, 0.4) is 0 Å². The van der Waals surface area contributed by atoms with Crippen LogP contribution in [0.2, 0.25) is 5.02 Å². The molecule has 0 spiro atoms. The van der Waals surface area contributed by atoms with Crippen molar-refractivity contribution in [3.63, 3.8) is 0 Å². The highest BCUT2D eigenvalue weighted by atomic mass is 35.5. The second-order valence-electron chi connectivity index (χ2n) is 5.85. The summed E-state index contributed by atoms with van der Waals surface area (Å²) in [6.45, 7) is 2.40. The minimum Gasteiger partial charge on any atom is -0.348 e. The average Bonchev–Trinajstić information content (AvgIpc) is 3.07. The number of hydrogen-bond donors (Lipinski definition) is 2. The minimum absolute atomic E-state index is 0.00518. The Labute approximate surface area is 144 Å². The van der Waals surface area contributed by atoms with Crippen molar-refractivity contribution in [3.8, 4) is 0 Å². The van der Waals surface area contributed by atoms with Gasteiger partial charge < -0.3 is 10.2 Å². The van der Waals surface area contributed by atoms with Gasteiger partial charge in [0.05, 0.1) is 28.6 Å². The molecular weight excluding hydrogens is 335 g/mol. The van der Waals surface area contributed by atoms with E-state index in [1.165, 1.54) is 22.3 Å². The van der Waals surface area contributed by atoms with Crippen LogP contribution in [0.15, 0.2) is 35.7 Å². The number of benzene rings is 1. The molecule has 3 rings (SSSR count). The number of halogens is 2. The van der Waals surface area contributed by atoms with Crippen LogP contribution in [0.1, 0.15) is 28.1 Å². The third kappa shape index (κ3) is 4.10. The predicted molar refractivity (Wildman–Crippen MR) is 90.6 cm³/mol. The zero-order valence-electron chi connectivity index (χ0n) is 12.6. The normalized spacial score (nSPS) is 21.1. The quantitative estimate of drug-likeness (QED) is 0.870. The molecule has 1 saturated heterocycles. The van der Waals surface area contributed by atoms with Crippen LogP contribution < -0.4 is 10.2 Å². The van der Waals surface area contributed by atoms with E-state index in [1.54, 1.807) is 12.1 Å². The Hall–Kier alpha value is -1.43. The van der Waals surface area contributed by atoms with Gasteiger partial charge in [-0.25, -0.2) is 4.39 Å². The van der Waals surface area contributed by atoms with Crippen LogP contribution in [0, 0.1) is 5.82 Å².